The summed E-state index contributed by atoms with van der Waals surface area (Å²) in [5.41, 5.74) is 7.10. The Labute approximate surface area is 113 Å². The highest BCUT2D eigenvalue weighted by molar-refractivity contribution is 9.10. The van der Waals surface area contributed by atoms with Crippen LogP contribution in [0.3, 0.4) is 0 Å². The van der Waals surface area contributed by atoms with Crippen LogP contribution in [0.2, 0.25) is 0 Å². The summed E-state index contributed by atoms with van der Waals surface area (Å²) in [4.78, 5) is 12.4. The van der Waals surface area contributed by atoms with E-state index in [1.165, 1.54) is 4.68 Å². The molecule has 6 heteroatoms. The van der Waals surface area contributed by atoms with Crippen molar-refractivity contribution in [2.75, 3.05) is 12.8 Å². The summed E-state index contributed by atoms with van der Waals surface area (Å²) in [6.07, 6.45) is 1.57. The quantitative estimate of drug-likeness (QED) is 0.695. The number of nitrogens with zero attached hydrogens (tertiary/aromatic N) is 2. The zero-order valence-electron chi connectivity index (χ0n) is 9.98. The molecule has 2 aromatic rings. The molecule has 0 saturated carbocycles. The van der Waals surface area contributed by atoms with Crippen LogP contribution in [-0.2, 0) is 7.05 Å². The Balaban J connectivity index is 2.52. The number of benzene rings is 1. The topological polar surface area (TPSA) is 70.1 Å². The molecule has 0 aliphatic heterocycles. The van der Waals surface area contributed by atoms with E-state index in [-0.39, 0.29) is 5.78 Å². The summed E-state index contributed by atoms with van der Waals surface area (Å²) in [5.74, 6) is 0.393. The molecule has 1 aromatic carbocycles. The largest absolute Gasteiger partial charge is 0.497 e. The van der Waals surface area contributed by atoms with Crippen LogP contribution in [0, 0.1) is 0 Å². The molecule has 0 fully saturated rings. The molecule has 0 aliphatic rings. The van der Waals surface area contributed by atoms with E-state index < -0.39 is 0 Å². The molecule has 0 bridgehead atoms. The predicted octanol–water partition coefficient (Wildman–Crippen LogP) is 2.00. The summed E-state index contributed by atoms with van der Waals surface area (Å²) in [6, 6.07) is 4.98. The highest BCUT2D eigenvalue weighted by atomic mass is 79.9. The number of rotatable bonds is 3. The lowest BCUT2D eigenvalue weighted by atomic mass is 10.1. The van der Waals surface area contributed by atoms with Crippen molar-refractivity contribution < 1.29 is 9.53 Å². The van der Waals surface area contributed by atoms with Crippen molar-refractivity contribution in [3.05, 3.63) is 40.1 Å². The minimum Gasteiger partial charge on any atom is -0.497 e. The van der Waals surface area contributed by atoms with E-state index in [9.17, 15) is 4.79 Å². The number of aryl methyl sites for hydroxylation is 1. The first-order chi connectivity index (χ1) is 8.54. The van der Waals surface area contributed by atoms with Crippen molar-refractivity contribution in [2.45, 2.75) is 0 Å². The van der Waals surface area contributed by atoms with Gasteiger partial charge in [-0.05, 0) is 34.1 Å². The maximum absolute atomic E-state index is 12.4. The molecule has 94 valence electrons. The van der Waals surface area contributed by atoms with Gasteiger partial charge in [0.25, 0.3) is 0 Å². The molecule has 0 unspecified atom stereocenters. The van der Waals surface area contributed by atoms with Crippen molar-refractivity contribution in [3.8, 4) is 5.75 Å². The van der Waals surface area contributed by atoms with Gasteiger partial charge in [0.1, 0.15) is 11.4 Å². The second kappa shape index (κ2) is 4.81. The van der Waals surface area contributed by atoms with Crippen LogP contribution in [0.5, 0.6) is 5.75 Å². The molecule has 0 saturated heterocycles. The molecule has 18 heavy (non-hydrogen) atoms. The molecular weight excluding hydrogens is 298 g/mol. The maximum atomic E-state index is 12.4. The number of anilines is 1. The molecular formula is C12H12BrN3O2. The number of hydrogen-bond acceptors (Lipinski definition) is 4. The van der Waals surface area contributed by atoms with Crippen LogP contribution >= 0.6 is 15.9 Å². The van der Waals surface area contributed by atoms with Gasteiger partial charge in [0, 0.05) is 12.7 Å². The van der Waals surface area contributed by atoms with E-state index in [1.807, 2.05) is 0 Å². The zero-order chi connectivity index (χ0) is 13.3. The van der Waals surface area contributed by atoms with Crippen LogP contribution in [-0.4, -0.2) is 22.7 Å². The third-order valence-corrected chi connectivity index (χ3v) is 3.19. The van der Waals surface area contributed by atoms with Crippen molar-refractivity contribution in [1.82, 2.24) is 9.78 Å². The standard InChI is InChI=1S/C12H12BrN3O2/c1-16-11(9(13)6-15-16)12(17)8-5-7(18-2)3-4-10(8)14/h3-6H,14H2,1-2H3. The Hall–Kier alpha value is -1.82. The molecule has 0 atom stereocenters. The minimum atomic E-state index is -0.196. The van der Waals surface area contributed by atoms with Gasteiger partial charge in [-0.25, -0.2) is 0 Å². The summed E-state index contributed by atoms with van der Waals surface area (Å²) >= 11 is 3.30. The molecule has 2 N–H and O–H groups in total. The lowest BCUT2D eigenvalue weighted by molar-refractivity contribution is 0.103. The fourth-order valence-electron chi connectivity index (χ4n) is 1.65. The van der Waals surface area contributed by atoms with Crippen LogP contribution in [0.25, 0.3) is 0 Å². The summed E-state index contributed by atoms with van der Waals surface area (Å²) in [7, 11) is 3.24. The van der Waals surface area contributed by atoms with Crippen molar-refractivity contribution in [1.29, 1.82) is 0 Å². The highest BCUT2D eigenvalue weighted by Gasteiger charge is 2.19. The predicted molar refractivity (Wildman–Crippen MR) is 71.7 cm³/mol. The average Bonchev–Trinajstić information content (AvgIpc) is 2.69. The first-order valence-corrected chi connectivity index (χ1v) is 5.99. The smallest absolute Gasteiger partial charge is 0.214 e. The molecule has 0 radical (unpaired) electrons. The summed E-state index contributed by atoms with van der Waals surface area (Å²) in [5, 5.41) is 4.01. The van der Waals surface area contributed by atoms with Gasteiger partial charge in [-0.15, -0.1) is 0 Å². The summed E-state index contributed by atoms with van der Waals surface area (Å²) < 4.78 is 7.24. The third-order valence-electron chi connectivity index (χ3n) is 2.61. The molecule has 1 heterocycles. The van der Waals surface area contributed by atoms with Gasteiger partial charge in [0.15, 0.2) is 0 Å². The highest BCUT2D eigenvalue weighted by Crippen LogP contribution is 2.25. The van der Waals surface area contributed by atoms with E-state index in [0.717, 1.165) is 0 Å². The van der Waals surface area contributed by atoms with Crippen LogP contribution < -0.4 is 10.5 Å². The number of aromatic nitrogens is 2. The average molecular weight is 310 g/mol. The van der Waals surface area contributed by atoms with Gasteiger partial charge < -0.3 is 10.5 Å². The van der Waals surface area contributed by atoms with Crippen molar-refractivity contribution >= 4 is 27.4 Å². The van der Waals surface area contributed by atoms with E-state index >= 15 is 0 Å². The Morgan fingerprint density at radius 2 is 2.22 bits per heavy atom. The van der Waals surface area contributed by atoms with E-state index in [4.69, 9.17) is 10.5 Å². The number of nitrogen functional groups attached to an aromatic ring is 1. The van der Waals surface area contributed by atoms with Crippen LogP contribution in [0.4, 0.5) is 5.69 Å². The molecule has 2 rings (SSSR count). The van der Waals surface area contributed by atoms with E-state index in [1.54, 1.807) is 38.6 Å². The fraction of sp³-hybridized carbons (Fsp3) is 0.167. The number of nitrogens with two attached hydrogens (primary N) is 1. The van der Waals surface area contributed by atoms with Crippen molar-refractivity contribution in [2.24, 2.45) is 7.05 Å². The monoisotopic (exact) mass is 309 g/mol. The molecule has 1 aromatic heterocycles. The lowest BCUT2D eigenvalue weighted by Crippen LogP contribution is -2.11. The van der Waals surface area contributed by atoms with Gasteiger partial charge >= 0.3 is 0 Å². The number of ketones is 1. The number of carbonyl (C=O) groups excluding carboxylic acids is 1. The number of carbonyl (C=O) groups is 1. The second-order valence-electron chi connectivity index (χ2n) is 3.75. The lowest BCUT2D eigenvalue weighted by Gasteiger charge is -2.08. The Bertz CT molecular complexity index is 588. The fourth-order valence-corrected chi connectivity index (χ4v) is 2.18. The zero-order valence-corrected chi connectivity index (χ0v) is 11.6. The molecule has 0 spiro atoms. The SMILES string of the molecule is COc1ccc(N)c(C(=O)c2c(Br)cnn2C)c1. The number of ether oxygens (including phenoxy) is 1. The van der Waals surface area contributed by atoms with Gasteiger partial charge in [-0.3, -0.25) is 9.48 Å². The molecule has 0 aliphatic carbocycles. The first-order valence-electron chi connectivity index (χ1n) is 5.20. The van der Waals surface area contributed by atoms with Gasteiger partial charge in [-0.2, -0.15) is 5.10 Å². The Morgan fingerprint density at radius 1 is 1.50 bits per heavy atom. The van der Waals surface area contributed by atoms with E-state index in [2.05, 4.69) is 21.0 Å². The number of methoxy groups -OCH3 is 1. The number of halogens is 1. The molecule has 5 nitrogen and oxygen atoms in total. The number of hydrogen-bond donors (Lipinski definition) is 1. The third kappa shape index (κ3) is 2.11. The van der Waals surface area contributed by atoms with Crippen LogP contribution in [0.15, 0.2) is 28.9 Å². The Kier molecular flexibility index (Phi) is 3.38. The van der Waals surface area contributed by atoms with Gasteiger partial charge in [0.05, 0.1) is 23.3 Å². The Morgan fingerprint density at radius 3 is 2.78 bits per heavy atom. The van der Waals surface area contributed by atoms with Gasteiger partial charge in [-0.1, -0.05) is 0 Å². The second-order valence-corrected chi connectivity index (χ2v) is 4.60. The van der Waals surface area contributed by atoms with Crippen molar-refractivity contribution in [3.63, 3.8) is 0 Å². The van der Waals surface area contributed by atoms with E-state index in [0.29, 0.717) is 27.2 Å². The van der Waals surface area contributed by atoms with Gasteiger partial charge in [0.2, 0.25) is 5.78 Å². The minimum absolute atomic E-state index is 0.196. The normalized spacial score (nSPS) is 10.4. The summed E-state index contributed by atoms with van der Waals surface area (Å²) in [6.45, 7) is 0. The maximum Gasteiger partial charge on any atom is 0.214 e. The molecule has 0 amide bonds. The first kappa shape index (κ1) is 12.6. The van der Waals surface area contributed by atoms with Crippen LogP contribution in [0.1, 0.15) is 16.1 Å².